The lowest BCUT2D eigenvalue weighted by atomic mass is 10.2. The number of hydrogen-bond acceptors (Lipinski definition) is 3. The smallest absolute Gasteiger partial charge is 0.318 e. The highest BCUT2D eigenvalue weighted by atomic mass is 32.1. The molecule has 0 radical (unpaired) electrons. The van der Waals surface area contributed by atoms with Crippen LogP contribution in [0.25, 0.3) is 0 Å². The average molecular weight is 321 g/mol. The third kappa shape index (κ3) is 4.02. The number of nitrogens with zero attached hydrogens (tertiary/aromatic N) is 2. The maximum atomic E-state index is 12.6. The van der Waals surface area contributed by atoms with Crippen molar-refractivity contribution in [3.05, 3.63) is 21.9 Å². The minimum Gasteiger partial charge on any atom is -0.334 e. The van der Waals surface area contributed by atoms with Crippen LogP contribution >= 0.6 is 11.3 Å². The maximum Gasteiger partial charge on any atom is 0.318 e. The Balaban J connectivity index is 1.54. The van der Waals surface area contributed by atoms with Gasteiger partial charge in [0, 0.05) is 23.5 Å². The first-order chi connectivity index (χ1) is 10.6. The van der Waals surface area contributed by atoms with Crippen LogP contribution in [0.15, 0.2) is 11.4 Å². The van der Waals surface area contributed by atoms with Gasteiger partial charge in [-0.25, -0.2) is 4.79 Å². The van der Waals surface area contributed by atoms with Gasteiger partial charge < -0.3 is 15.1 Å². The monoisotopic (exact) mass is 321 g/mol. The molecule has 2 fully saturated rings. The van der Waals surface area contributed by atoms with E-state index in [0.717, 1.165) is 25.9 Å². The van der Waals surface area contributed by atoms with E-state index in [0.29, 0.717) is 6.04 Å². The number of nitrogens with one attached hydrogen (secondary N) is 1. The Morgan fingerprint density at radius 3 is 2.77 bits per heavy atom. The Morgan fingerprint density at radius 2 is 2.18 bits per heavy atom. The van der Waals surface area contributed by atoms with Crippen LogP contribution in [0.5, 0.6) is 0 Å². The topological polar surface area (TPSA) is 35.6 Å². The van der Waals surface area contributed by atoms with Crippen molar-refractivity contribution in [1.29, 1.82) is 0 Å². The number of carbonyl (C=O) groups is 1. The minimum absolute atomic E-state index is 0.113. The highest BCUT2D eigenvalue weighted by Gasteiger charge is 2.33. The van der Waals surface area contributed by atoms with E-state index in [9.17, 15) is 4.79 Å². The van der Waals surface area contributed by atoms with E-state index in [1.165, 1.54) is 36.4 Å². The summed E-state index contributed by atoms with van der Waals surface area (Å²) in [5.74, 6) is 0. The molecule has 1 N–H and O–H groups in total. The van der Waals surface area contributed by atoms with Crippen LogP contribution in [0, 0.1) is 6.92 Å². The van der Waals surface area contributed by atoms with Gasteiger partial charge in [-0.1, -0.05) is 0 Å². The van der Waals surface area contributed by atoms with Gasteiger partial charge in [0.25, 0.3) is 0 Å². The molecule has 122 valence electrons. The molecule has 0 bridgehead atoms. The number of amides is 2. The second kappa shape index (κ2) is 7.01. The summed E-state index contributed by atoms with van der Waals surface area (Å²) in [4.78, 5) is 18.5. The van der Waals surface area contributed by atoms with Crippen LogP contribution in [0.1, 0.15) is 43.0 Å². The fourth-order valence-corrected chi connectivity index (χ4v) is 4.07. The molecule has 2 heterocycles. The summed E-state index contributed by atoms with van der Waals surface area (Å²) in [7, 11) is 0. The summed E-state index contributed by atoms with van der Waals surface area (Å²) in [5, 5.41) is 5.32. The molecule has 1 saturated carbocycles. The van der Waals surface area contributed by atoms with Crippen LogP contribution in [0.4, 0.5) is 4.79 Å². The lowest BCUT2D eigenvalue weighted by Gasteiger charge is -2.27. The van der Waals surface area contributed by atoms with Gasteiger partial charge in [0.15, 0.2) is 0 Å². The van der Waals surface area contributed by atoms with Gasteiger partial charge in [0.1, 0.15) is 0 Å². The molecule has 1 aliphatic carbocycles. The summed E-state index contributed by atoms with van der Waals surface area (Å²) < 4.78 is 0. The zero-order valence-electron chi connectivity index (χ0n) is 13.7. The molecule has 5 heteroatoms. The standard InChI is InChI=1S/C17H27N3OS/c1-13-7-10-22-16(13)12-20(15-5-6-15)17(21)18-14(2)11-19-8-3-4-9-19/h7,10,14-15H,3-6,8-9,11-12H2,1-2H3,(H,18,21)/t14-/m1/s1. The van der Waals surface area contributed by atoms with Crippen molar-refractivity contribution in [2.75, 3.05) is 19.6 Å². The quantitative estimate of drug-likeness (QED) is 0.873. The van der Waals surface area contributed by atoms with E-state index in [4.69, 9.17) is 0 Å². The average Bonchev–Trinajstić information content (AvgIpc) is 3.03. The van der Waals surface area contributed by atoms with Crippen molar-refractivity contribution >= 4 is 17.4 Å². The summed E-state index contributed by atoms with van der Waals surface area (Å²) in [6.07, 6.45) is 4.90. The van der Waals surface area contributed by atoms with Gasteiger partial charge in [-0.15, -0.1) is 11.3 Å². The number of urea groups is 1. The highest BCUT2D eigenvalue weighted by molar-refractivity contribution is 7.10. The molecule has 1 saturated heterocycles. The number of hydrogen-bond donors (Lipinski definition) is 1. The first kappa shape index (κ1) is 15.8. The fraction of sp³-hybridized carbons (Fsp3) is 0.706. The fourth-order valence-electron chi connectivity index (χ4n) is 3.17. The van der Waals surface area contributed by atoms with Gasteiger partial charge in [-0.2, -0.15) is 0 Å². The molecule has 1 aliphatic heterocycles. The molecular formula is C17H27N3OS. The van der Waals surface area contributed by atoms with Crippen LogP contribution in [-0.2, 0) is 6.54 Å². The minimum atomic E-state index is 0.113. The molecule has 0 spiro atoms. The molecule has 22 heavy (non-hydrogen) atoms. The molecule has 2 amide bonds. The van der Waals surface area contributed by atoms with Gasteiger partial charge in [0.05, 0.1) is 6.54 Å². The molecule has 3 rings (SSSR count). The molecule has 1 aromatic rings. The Hall–Kier alpha value is -1.07. The number of rotatable bonds is 6. The first-order valence-electron chi connectivity index (χ1n) is 8.46. The van der Waals surface area contributed by atoms with Crippen molar-refractivity contribution < 1.29 is 4.79 Å². The predicted octanol–water partition coefficient (Wildman–Crippen LogP) is 3.21. The number of carbonyl (C=O) groups excluding carboxylic acids is 1. The van der Waals surface area contributed by atoms with E-state index >= 15 is 0 Å². The van der Waals surface area contributed by atoms with Gasteiger partial charge in [0.2, 0.25) is 0 Å². The Kier molecular flexibility index (Phi) is 5.03. The van der Waals surface area contributed by atoms with Gasteiger partial charge in [-0.3, -0.25) is 0 Å². The Labute approximate surface area is 137 Å². The largest absolute Gasteiger partial charge is 0.334 e. The lowest BCUT2D eigenvalue weighted by molar-refractivity contribution is 0.185. The van der Waals surface area contributed by atoms with E-state index in [1.54, 1.807) is 11.3 Å². The number of aryl methyl sites for hydroxylation is 1. The second-order valence-electron chi connectivity index (χ2n) is 6.74. The molecule has 1 atom stereocenters. The van der Waals surface area contributed by atoms with Crippen LogP contribution in [0.2, 0.25) is 0 Å². The second-order valence-corrected chi connectivity index (χ2v) is 7.74. The summed E-state index contributed by atoms with van der Waals surface area (Å²) in [5.41, 5.74) is 1.30. The van der Waals surface area contributed by atoms with Crippen LogP contribution < -0.4 is 5.32 Å². The van der Waals surface area contributed by atoms with Crippen molar-refractivity contribution in [3.63, 3.8) is 0 Å². The number of likely N-dealkylation sites (tertiary alicyclic amines) is 1. The van der Waals surface area contributed by atoms with E-state index in [-0.39, 0.29) is 12.1 Å². The van der Waals surface area contributed by atoms with Crippen molar-refractivity contribution in [2.45, 2.75) is 58.2 Å². The lowest BCUT2D eigenvalue weighted by Crippen LogP contribution is -2.48. The van der Waals surface area contributed by atoms with Crippen LogP contribution in [-0.4, -0.2) is 47.5 Å². The SMILES string of the molecule is Cc1ccsc1CN(C(=O)N[C@H](C)CN1CCCC1)C1CC1. The normalized spacial score (nSPS) is 20.1. The third-order valence-electron chi connectivity index (χ3n) is 4.63. The zero-order chi connectivity index (χ0) is 15.5. The van der Waals surface area contributed by atoms with E-state index in [1.807, 2.05) is 4.90 Å². The highest BCUT2D eigenvalue weighted by Crippen LogP contribution is 2.30. The molecule has 4 nitrogen and oxygen atoms in total. The summed E-state index contributed by atoms with van der Waals surface area (Å²) in [6, 6.07) is 2.91. The summed E-state index contributed by atoms with van der Waals surface area (Å²) in [6.45, 7) is 8.35. The number of thiophene rings is 1. The predicted molar refractivity (Wildman–Crippen MR) is 91.3 cm³/mol. The Morgan fingerprint density at radius 1 is 1.45 bits per heavy atom. The van der Waals surface area contributed by atoms with Crippen molar-refractivity contribution in [2.24, 2.45) is 0 Å². The third-order valence-corrected chi connectivity index (χ3v) is 5.64. The molecular weight excluding hydrogens is 294 g/mol. The van der Waals surface area contributed by atoms with E-state index in [2.05, 4.69) is 35.5 Å². The molecule has 2 aliphatic rings. The van der Waals surface area contributed by atoms with Crippen molar-refractivity contribution in [3.8, 4) is 0 Å². The summed E-state index contributed by atoms with van der Waals surface area (Å²) >= 11 is 1.76. The zero-order valence-corrected chi connectivity index (χ0v) is 14.5. The first-order valence-corrected chi connectivity index (χ1v) is 9.34. The van der Waals surface area contributed by atoms with Gasteiger partial charge >= 0.3 is 6.03 Å². The molecule has 1 aromatic heterocycles. The Bertz CT molecular complexity index is 506. The van der Waals surface area contributed by atoms with Gasteiger partial charge in [-0.05, 0) is 69.6 Å². The molecule has 0 aromatic carbocycles. The van der Waals surface area contributed by atoms with Crippen molar-refractivity contribution in [1.82, 2.24) is 15.1 Å². The maximum absolute atomic E-state index is 12.6. The van der Waals surface area contributed by atoms with E-state index < -0.39 is 0 Å². The molecule has 0 unspecified atom stereocenters. The van der Waals surface area contributed by atoms with Crippen LogP contribution in [0.3, 0.4) is 0 Å².